The van der Waals surface area contributed by atoms with Crippen LogP contribution in [0, 0.1) is 0 Å². The zero-order valence-electron chi connectivity index (χ0n) is 12.2. The monoisotopic (exact) mass is 310 g/mol. The van der Waals surface area contributed by atoms with Crippen molar-refractivity contribution in [3.8, 4) is 5.75 Å². The van der Waals surface area contributed by atoms with Gasteiger partial charge in [0.2, 0.25) is 11.8 Å². The van der Waals surface area contributed by atoms with Gasteiger partial charge in [0.1, 0.15) is 5.75 Å². The SMILES string of the molecule is C=CCN(CCC(=O)Nc1ccc(OC)c(Cl)c1)C(C)=O. The molecule has 0 heterocycles. The molecule has 1 rings (SSSR count). The van der Waals surface area contributed by atoms with Gasteiger partial charge in [-0.05, 0) is 18.2 Å². The van der Waals surface area contributed by atoms with E-state index in [9.17, 15) is 9.59 Å². The summed E-state index contributed by atoms with van der Waals surface area (Å²) in [6.45, 7) is 5.82. The van der Waals surface area contributed by atoms with Crippen molar-refractivity contribution in [2.45, 2.75) is 13.3 Å². The van der Waals surface area contributed by atoms with Gasteiger partial charge in [-0.1, -0.05) is 17.7 Å². The van der Waals surface area contributed by atoms with E-state index in [1.165, 1.54) is 14.0 Å². The highest BCUT2D eigenvalue weighted by atomic mass is 35.5. The van der Waals surface area contributed by atoms with Crippen molar-refractivity contribution in [1.82, 2.24) is 4.90 Å². The van der Waals surface area contributed by atoms with Crippen LogP contribution < -0.4 is 10.1 Å². The van der Waals surface area contributed by atoms with E-state index in [1.54, 1.807) is 29.2 Å². The molecular formula is C15H19ClN2O3. The summed E-state index contributed by atoms with van der Waals surface area (Å²) < 4.78 is 5.04. The molecule has 0 aliphatic rings. The Labute approximate surface area is 129 Å². The number of nitrogens with zero attached hydrogens (tertiary/aromatic N) is 1. The van der Waals surface area contributed by atoms with Gasteiger partial charge in [0.05, 0.1) is 12.1 Å². The van der Waals surface area contributed by atoms with E-state index in [2.05, 4.69) is 11.9 Å². The van der Waals surface area contributed by atoms with Crippen molar-refractivity contribution in [3.05, 3.63) is 35.9 Å². The Balaban J connectivity index is 2.55. The summed E-state index contributed by atoms with van der Waals surface area (Å²) in [7, 11) is 1.52. The summed E-state index contributed by atoms with van der Waals surface area (Å²) in [6, 6.07) is 5.00. The number of amides is 2. The number of methoxy groups -OCH3 is 1. The number of hydrogen-bond acceptors (Lipinski definition) is 3. The fourth-order valence-electron chi connectivity index (χ4n) is 1.74. The average Bonchev–Trinajstić information content (AvgIpc) is 2.43. The predicted octanol–water partition coefficient (Wildman–Crippen LogP) is 2.71. The smallest absolute Gasteiger partial charge is 0.226 e. The van der Waals surface area contributed by atoms with Gasteiger partial charge in [-0.2, -0.15) is 0 Å². The van der Waals surface area contributed by atoms with Crippen LogP contribution in [0.5, 0.6) is 5.75 Å². The fourth-order valence-corrected chi connectivity index (χ4v) is 1.99. The van der Waals surface area contributed by atoms with Crippen LogP contribution in [0.15, 0.2) is 30.9 Å². The topological polar surface area (TPSA) is 58.6 Å². The lowest BCUT2D eigenvalue weighted by Crippen LogP contribution is -2.32. The molecule has 2 amide bonds. The summed E-state index contributed by atoms with van der Waals surface area (Å²) >= 11 is 5.98. The Hall–Kier alpha value is -2.01. The second kappa shape index (κ2) is 8.32. The molecule has 0 aromatic heterocycles. The number of anilines is 1. The normalized spacial score (nSPS) is 9.86. The predicted molar refractivity (Wildman–Crippen MR) is 83.7 cm³/mol. The van der Waals surface area contributed by atoms with Crippen molar-refractivity contribution in [2.24, 2.45) is 0 Å². The van der Waals surface area contributed by atoms with Crippen molar-refractivity contribution in [3.63, 3.8) is 0 Å². The molecule has 0 bridgehead atoms. The van der Waals surface area contributed by atoms with Crippen molar-refractivity contribution in [2.75, 3.05) is 25.5 Å². The van der Waals surface area contributed by atoms with E-state index < -0.39 is 0 Å². The van der Waals surface area contributed by atoms with Crippen molar-refractivity contribution < 1.29 is 14.3 Å². The molecule has 0 radical (unpaired) electrons. The maximum atomic E-state index is 11.9. The van der Waals surface area contributed by atoms with Crippen LogP contribution in [0.3, 0.4) is 0 Å². The van der Waals surface area contributed by atoms with E-state index in [0.717, 1.165) is 0 Å². The third-order valence-corrected chi connectivity index (χ3v) is 3.13. The number of carbonyl (C=O) groups is 2. The summed E-state index contributed by atoms with van der Waals surface area (Å²) in [4.78, 5) is 24.7. The minimum absolute atomic E-state index is 0.0878. The molecule has 21 heavy (non-hydrogen) atoms. The highest BCUT2D eigenvalue weighted by molar-refractivity contribution is 6.32. The van der Waals surface area contributed by atoms with Crippen molar-refractivity contribution in [1.29, 1.82) is 0 Å². The average molecular weight is 311 g/mol. The van der Waals surface area contributed by atoms with E-state index in [1.807, 2.05) is 0 Å². The largest absolute Gasteiger partial charge is 0.495 e. The van der Waals surface area contributed by atoms with Crippen LogP contribution in [0.25, 0.3) is 0 Å². The number of rotatable bonds is 7. The molecule has 0 aliphatic heterocycles. The number of benzene rings is 1. The van der Waals surface area contributed by atoms with E-state index in [4.69, 9.17) is 16.3 Å². The molecule has 0 aliphatic carbocycles. The molecule has 0 fully saturated rings. The van der Waals surface area contributed by atoms with E-state index in [-0.39, 0.29) is 18.2 Å². The molecule has 1 aromatic rings. The van der Waals surface area contributed by atoms with Gasteiger partial charge in [-0.25, -0.2) is 0 Å². The second-order valence-corrected chi connectivity index (χ2v) is 4.81. The molecule has 114 valence electrons. The second-order valence-electron chi connectivity index (χ2n) is 4.40. The van der Waals surface area contributed by atoms with Crippen LogP contribution in [-0.4, -0.2) is 36.9 Å². The first-order chi connectivity index (χ1) is 9.97. The quantitative estimate of drug-likeness (QED) is 0.788. The number of hydrogen-bond donors (Lipinski definition) is 1. The van der Waals surface area contributed by atoms with Crippen LogP contribution >= 0.6 is 11.6 Å². The van der Waals surface area contributed by atoms with Crippen molar-refractivity contribution >= 4 is 29.1 Å². The molecule has 1 aromatic carbocycles. The van der Waals surface area contributed by atoms with Crippen LogP contribution in [0.1, 0.15) is 13.3 Å². The Bertz CT molecular complexity index is 532. The summed E-state index contributed by atoms with van der Waals surface area (Å²) in [5.74, 6) is 0.269. The lowest BCUT2D eigenvalue weighted by Gasteiger charge is -2.18. The highest BCUT2D eigenvalue weighted by Crippen LogP contribution is 2.27. The number of carbonyl (C=O) groups excluding carboxylic acids is 2. The lowest BCUT2D eigenvalue weighted by atomic mass is 10.2. The maximum absolute atomic E-state index is 11.9. The Kier molecular flexibility index (Phi) is 6.75. The number of halogens is 1. The van der Waals surface area contributed by atoms with E-state index >= 15 is 0 Å². The fraction of sp³-hybridized carbons (Fsp3) is 0.333. The Morgan fingerprint density at radius 2 is 2.19 bits per heavy atom. The molecule has 5 nitrogen and oxygen atoms in total. The zero-order valence-corrected chi connectivity index (χ0v) is 12.9. The Morgan fingerprint density at radius 1 is 1.48 bits per heavy atom. The summed E-state index contributed by atoms with van der Waals surface area (Å²) in [5.41, 5.74) is 0.587. The van der Waals surface area contributed by atoms with Crippen LogP contribution in [0.2, 0.25) is 5.02 Å². The first kappa shape index (κ1) is 17.0. The van der Waals surface area contributed by atoms with Crippen LogP contribution in [0.4, 0.5) is 5.69 Å². The minimum atomic E-state index is -0.188. The van der Waals surface area contributed by atoms with Gasteiger partial charge in [-0.15, -0.1) is 6.58 Å². The molecule has 0 unspecified atom stereocenters. The standard InChI is InChI=1S/C15H19ClN2O3/c1-4-8-18(11(2)19)9-7-15(20)17-12-5-6-14(21-3)13(16)10-12/h4-6,10H,1,7-9H2,2-3H3,(H,17,20). The first-order valence-electron chi connectivity index (χ1n) is 6.47. The van der Waals surface area contributed by atoms with Gasteiger partial charge < -0.3 is 15.0 Å². The zero-order chi connectivity index (χ0) is 15.8. The van der Waals surface area contributed by atoms with Gasteiger partial charge in [0, 0.05) is 32.1 Å². The third kappa shape index (κ3) is 5.47. The Morgan fingerprint density at radius 3 is 2.71 bits per heavy atom. The van der Waals surface area contributed by atoms with Crippen LogP contribution in [-0.2, 0) is 9.59 Å². The molecule has 0 saturated carbocycles. The third-order valence-electron chi connectivity index (χ3n) is 2.84. The molecular weight excluding hydrogens is 292 g/mol. The summed E-state index contributed by atoms with van der Waals surface area (Å²) in [6.07, 6.45) is 1.83. The number of ether oxygens (including phenoxy) is 1. The maximum Gasteiger partial charge on any atom is 0.226 e. The highest BCUT2D eigenvalue weighted by Gasteiger charge is 2.10. The molecule has 0 saturated heterocycles. The lowest BCUT2D eigenvalue weighted by molar-refractivity contribution is -0.128. The number of nitrogens with one attached hydrogen (secondary N) is 1. The van der Waals surface area contributed by atoms with Gasteiger partial charge in [0.15, 0.2) is 0 Å². The minimum Gasteiger partial charge on any atom is -0.495 e. The molecule has 0 atom stereocenters. The molecule has 1 N–H and O–H groups in total. The van der Waals surface area contributed by atoms with Gasteiger partial charge in [0.25, 0.3) is 0 Å². The first-order valence-corrected chi connectivity index (χ1v) is 6.85. The van der Waals surface area contributed by atoms with E-state index in [0.29, 0.717) is 29.5 Å². The van der Waals surface area contributed by atoms with Gasteiger partial charge in [-0.3, -0.25) is 9.59 Å². The molecule has 6 heteroatoms. The molecule has 0 spiro atoms. The van der Waals surface area contributed by atoms with Gasteiger partial charge >= 0.3 is 0 Å². The summed E-state index contributed by atoms with van der Waals surface area (Å²) in [5, 5.41) is 3.15.